The van der Waals surface area contributed by atoms with Gasteiger partial charge in [0.1, 0.15) is 0 Å². The van der Waals surface area contributed by atoms with Crippen LogP contribution in [0.5, 0.6) is 0 Å². The molecule has 0 spiro atoms. The third kappa shape index (κ3) is 613. The highest BCUT2D eigenvalue weighted by Gasteiger charge is 1.44. The molecule has 0 bridgehead atoms. The smallest absolute Gasteiger partial charge is 0.00878 e. The molecule has 0 N–H and O–H groups in total. The summed E-state index contributed by atoms with van der Waals surface area (Å²) in [5.74, 6) is 0. The molecule has 0 saturated carbocycles. The molecule has 1 nitrogen and oxygen atoms in total. The largest absolute Gasteiger partial charge is 0.742 e. The molecule has 0 aliphatic rings. The Bertz CT molecular complexity index is 32.6. The second-order valence-electron chi connectivity index (χ2n) is 0.492. The van der Waals surface area contributed by atoms with Gasteiger partial charge in [-0.3, -0.25) is 0 Å². The quantitative estimate of drug-likeness (QED) is 0.424. The Kier molecular flexibility index (Phi) is 7.48. The first-order chi connectivity index (χ1) is 1.73. The first-order valence-electron chi connectivity index (χ1n) is 0.908. The van der Waals surface area contributed by atoms with Crippen molar-refractivity contribution in [3.8, 4) is 0 Å². The Labute approximate surface area is 42.6 Å². The van der Waals surface area contributed by atoms with Crippen LogP contribution in [0.25, 0.3) is 0 Å². The fourth-order valence-corrected chi connectivity index (χ4v) is 0. The van der Waals surface area contributed by atoms with E-state index in [1.54, 1.807) is 0 Å². The van der Waals surface area contributed by atoms with E-state index in [-0.39, 0.29) is 17.5 Å². The van der Waals surface area contributed by atoms with Crippen molar-refractivity contribution >= 4 is 30.2 Å². The summed E-state index contributed by atoms with van der Waals surface area (Å²) >= 11 is 3.98. The van der Waals surface area contributed by atoms with Crippen LogP contribution in [0.4, 0.5) is 0 Å². The molecule has 0 saturated heterocycles. The van der Waals surface area contributed by atoms with Crippen molar-refractivity contribution in [3.63, 3.8) is 0 Å². The molecule has 0 atom stereocenters. The van der Waals surface area contributed by atoms with Crippen LogP contribution in [0.15, 0.2) is 0 Å². The topological polar surface area (TPSA) is 17.1 Å². The predicted octanol–water partition coefficient (Wildman–Crippen LogP) is 0.502. The van der Waals surface area contributed by atoms with E-state index in [9.17, 15) is 4.79 Å². The van der Waals surface area contributed by atoms with Gasteiger partial charge in [-0.15, -0.1) is 12.4 Å². The predicted molar refractivity (Wildman–Crippen MR) is 25.3 cm³/mol. The molecule has 5 heavy (non-hydrogen) atoms. The lowest BCUT2D eigenvalue weighted by Gasteiger charge is -1.82. The summed E-state index contributed by atoms with van der Waals surface area (Å²) in [7, 11) is 0. The number of hydrogen-bond donors (Lipinski definition) is 0. The Morgan fingerprint density at radius 3 is 1.80 bits per heavy atom. The van der Waals surface area contributed by atoms with Crippen molar-refractivity contribution in [2.24, 2.45) is 0 Å². The van der Waals surface area contributed by atoms with Gasteiger partial charge in [0.15, 0.2) is 0 Å². The SMILES string of the molecule is CC(=O)[S-].Cl. The maximum absolute atomic E-state index is 9.26. The standard InChI is InChI=1S/C2H4OS.ClH/c1-2(3)4;/h1H3,(H,3,4);1H/p-1. The summed E-state index contributed by atoms with van der Waals surface area (Å²) in [4.78, 5) is 9.26. The van der Waals surface area contributed by atoms with Crippen LogP contribution in [0.1, 0.15) is 6.92 Å². The molecule has 0 aromatic heterocycles. The summed E-state index contributed by atoms with van der Waals surface area (Å²) in [6, 6.07) is 0. The van der Waals surface area contributed by atoms with Gasteiger partial charge in [0.05, 0.1) is 0 Å². The van der Waals surface area contributed by atoms with E-state index in [2.05, 4.69) is 12.6 Å². The fourth-order valence-electron chi connectivity index (χ4n) is 0. The molecule has 0 aliphatic carbocycles. The fraction of sp³-hybridized carbons (Fsp3) is 0.500. The van der Waals surface area contributed by atoms with Gasteiger partial charge in [-0.2, -0.15) is 0 Å². The van der Waals surface area contributed by atoms with Crippen molar-refractivity contribution < 1.29 is 4.79 Å². The number of hydrogen-bond acceptors (Lipinski definition) is 2. The lowest BCUT2D eigenvalue weighted by Crippen LogP contribution is -1.72. The highest BCUT2D eigenvalue weighted by atomic mass is 35.5. The lowest BCUT2D eigenvalue weighted by atomic mass is 10.9. The van der Waals surface area contributed by atoms with Crippen LogP contribution in [-0.2, 0) is 17.4 Å². The Hall–Kier alpha value is 0.180. The van der Waals surface area contributed by atoms with Gasteiger partial charge in [-0.1, -0.05) is 0 Å². The molecule has 0 fully saturated rings. The van der Waals surface area contributed by atoms with E-state index >= 15 is 0 Å². The van der Waals surface area contributed by atoms with E-state index in [0.29, 0.717) is 0 Å². The molecule has 3 heteroatoms. The third-order valence-electron chi connectivity index (χ3n) is 0. The van der Waals surface area contributed by atoms with E-state index in [1.165, 1.54) is 6.92 Å². The molecule has 32 valence electrons. The monoisotopic (exact) mass is 111 g/mol. The van der Waals surface area contributed by atoms with Crippen molar-refractivity contribution in [2.45, 2.75) is 6.92 Å². The van der Waals surface area contributed by atoms with Crippen molar-refractivity contribution in [3.05, 3.63) is 0 Å². The van der Waals surface area contributed by atoms with E-state index in [1.807, 2.05) is 0 Å². The number of rotatable bonds is 0. The van der Waals surface area contributed by atoms with Gasteiger partial charge < -0.3 is 17.4 Å². The summed E-state index contributed by atoms with van der Waals surface area (Å²) in [6.07, 6.45) is 0. The molecule has 0 unspecified atom stereocenters. The van der Waals surface area contributed by atoms with E-state index in [0.717, 1.165) is 0 Å². The average Bonchev–Trinajstić information content (AvgIpc) is 0.811. The van der Waals surface area contributed by atoms with Crippen LogP contribution in [0, 0.1) is 0 Å². The second-order valence-corrected chi connectivity index (χ2v) is 1.07. The summed E-state index contributed by atoms with van der Waals surface area (Å²) in [5, 5.41) is -0.250. The maximum atomic E-state index is 9.26. The summed E-state index contributed by atoms with van der Waals surface area (Å²) < 4.78 is 0. The minimum absolute atomic E-state index is 0. The third-order valence-corrected chi connectivity index (χ3v) is 0. The van der Waals surface area contributed by atoms with Crippen molar-refractivity contribution in [1.82, 2.24) is 0 Å². The zero-order valence-corrected chi connectivity index (χ0v) is 4.36. The minimum atomic E-state index is -0.250. The molecule has 0 aromatic rings. The van der Waals surface area contributed by atoms with Gasteiger partial charge >= 0.3 is 0 Å². The highest BCUT2D eigenvalue weighted by molar-refractivity contribution is 7.76. The molecule has 0 amide bonds. The maximum Gasteiger partial charge on any atom is 0.00878 e. The van der Waals surface area contributed by atoms with Gasteiger partial charge in [0, 0.05) is 5.12 Å². The minimum Gasteiger partial charge on any atom is -0.742 e. The van der Waals surface area contributed by atoms with Crippen LogP contribution in [-0.4, -0.2) is 5.12 Å². The van der Waals surface area contributed by atoms with Gasteiger partial charge in [-0.25, -0.2) is 0 Å². The summed E-state index contributed by atoms with van der Waals surface area (Å²) in [6.45, 7) is 1.34. The number of carbonyl (C=O) groups is 1. The van der Waals surface area contributed by atoms with Crippen LogP contribution in [0.3, 0.4) is 0 Å². The number of halogens is 1. The molecular weight excluding hydrogens is 108 g/mol. The van der Waals surface area contributed by atoms with Gasteiger partial charge in [0.25, 0.3) is 0 Å². The molecule has 0 radical (unpaired) electrons. The first kappa shape index (κ1) is 8.95. The van der Waals surface area contributed by atoms with Crippen LogP contribution in [0.2, 0.25) is 0 Å². The Balaban J connectivity index is 0. The average molecular weight is 112 g/mol. The molecule has 0 rings (SSSR count). The Morgan fingerprint density at radius 1 is 1.80 bits per heavy atom. The first-order valence-corrected chi connectivity index (χ1v) is 1.32. The summed E-state index contributed by atoms with van der Waals surface area (Å²) in [5.41, 5.74) is 0. The molecule has 0 aliphatic heterocycles. The van der Waals surface area contributed by atoms with E-state index < -0.39 is 0 Å². The molecule has 0 aromatic carbocycles. The Morgan fingerprint density at radius 2 is 1.80 bits per heavy atom. The number of carbonyl (C=O) groups excluding carboxylic acids is 1. The highest BCUT2D eigenvalue weighted by Crippen LogP contribution is 1.47. The van der Waals surface area contributed by atoms with Gasteiger partial charge in [0.2, 0.25) is 0 Å². The normalized spacial score (nSPS) is 5.00. The van der Waals surface area contributed by atoms with Crippen molar-refractivity contribution in [2.75, 3.05) is 0 Å². The van der Waals surface area contributed by atoms with Crippen LogP contribution < -0.4 is 0 Å². The molecular formula is C2H4ClOS-. The zero-order valence-electron chi connectivity index (χ0n) is 2.72. The van der Waals surface area contributed by atoms with Crippen molar-refractivity contribution in [1.29, 1.82) is 0 Å². The lowest BCUT2D eigenvalue weighted by molar-refractivity contribution is -0.109. The molecule has 0 heterocycles. The van der Waals surface area contributed by atoms with Gasteiger partial charge in [-0.05, 0) is 6.92 Å². The second kappa shape index (κ2) is 4.18. The van der Waals surface area contributed by atoms with Crippen LogP contribution >= 0.6 is 12.4 Å². The zero-order chi connectivity index (χ0) is 3.58. The van der Waals surface area contributed by atoms with E-state index in [4.69, 9.17) is 0 Å².